The van der Waals surface area contributed by atoms with Crippen LogP contribution in [0.1, 0.15) is 38.5 Å². The van der Waals surface area contributed by atoms with E-state index in [1.807, 2.05) is 0 Å². The Morgan fingerprint density at radius 3 is 2.73 bits per heavy atom. The SMILES string of the molecule is N#CCN1CCCCC1C1CCCC1O. The standard InChI is InChI=1S/C12H20N2O/c13-7-9-14-8-2-1-5-11(14)10-4-3-6-12(10)15/h10-12,15H,1-6,8-9H2. The number of aliphatic hydroxyl groups excluding tert-OH is 1. The van der Waals surface area contributed by atoms with Crippen LogP contribution in [0.3, 0.4) is 0 Å². The van der Waals surface area contributed by atoms with Crippen LogP contribution in [0.4, 0.5) is 0 Å². The molecule has 0 aromatic heterocycles. The lowest BCUT2D eigenvalue weighted by atomic mass is 9.88. The van der Waals surface area contributed by atoms with Crippen LogP contribution < -0.4 is 0 Å². The highest BCUT2D eigenvalue weighted by atomic mass is 16.3. The first-order chi connectivity index (χ1) is 7.33. The second kappa shape index (κ2) is 4.96. The summed E-state index contributed by atoms with van der Waals surface area (Å²) in [4.78, 5) is 2.28. The van der Waals surface area contributed by atoms with E-state index in [1.54, 1.807) is 0 Å². The molecule has 1 saturated heterocycles. The van der Waals surface area contributed by atoms with Crippen LogP contribution in [0.25, 0.3) is 0 Å². The van der Waals surface area contributed by atoms with E-state index >= 15 is 0 Å². The molecule has 2 rings (SSSR count). The van der Waals surface area contributed by atoms with E-state index in [4.69, 9.17) is 5.26 Å². The van der Waals surface area contributed by atoms with Crippen LogP contribution in [0.5, 0.6) is 0 Å². The molecule has 1 saturated carbocycles. The fraction of sp³-hybridized carbons (Fsp3) is 0.917. The minimum Gasteiger partial charge on any atom is -0.393 e. The molecule has 3 atom stereocenters. The van der Waals surface area contributed by atoms with Crippen molar-refractivity contribution in [2.75, 3.05) is 13.1 Å². The first-order valence-electron chi connectivity index (χ1n) is 6.12. The lowest BCUT2D eigenvalue weighted by Crippen LogP contribution is -2.46. The number of hydrogen-bond donors (Lipinski definition) is 1. The number of hydrogen-bond acceptors (Lipinski definition) is 3. The molecule has 3 nitrogen and oxygen atoms in total. The van der Waals surface area contributed by atoms with Gasteiger partial charge in [-0.1, -0.05) is 12.8 Å². The van der Waals surface area contributed by atoms with Crippen molar-refractivity contribution >= 4 is 0 Å². The Labute approximate surface area is 91.7 Å². The molecule has 0 amide bonds. The van der Waals surface area contributed by atoms with Crippen LogP contribution in [0.2, 0.25) is 0 Å². The second-order valence-electron chi connectivity index (χ2n) is 4.85. The molecule has 0 spiro atoms. The molecule has 15 heavy (non-hydrogen) atoms. The molecule has 1 aliphatic heterocycles. The van der Waals surface area contributed by atoms with Crippen LogP contribution in [0.15, 0.2) is 0 Å². The Kier molecular flexibility index (Phi) is 3.61. The molecule has 1 heterocycles. The molecule has 0 bridgehead atoms. The van der Waals surface area contributed by atoms with Gasteiger partial charge in [0.2, 0.25) is 0 Å². The summed E-state index contributed by atoms with van der Waals surface area (Å²) in [6.07, 6.45) is 6.78. The first-order valence-corrected chi connectivity index (χ1v) is 6.12. The van der Waals surface area contributed by atoms with E-state index in [0.717, 1.165) is 25.8 Å². The topological polar surface area (TPSA) is 47.3 Å². The van der Waals surface area contributed by atoms with Gasteiger partial charge in [0.1, 0.15) is 0 Å². The molecule has 0 aromatic rings. The molecule has 84 valence electrons. The van der Waals surface area contributed by atoms with Crippen molar-refractivity contribution in [3.8, 4) is 6.07 Å². The molecule has 1 N–H and O–H groups in total. The number of nitrogens with zero attached hydrogens (tertiary/aromatic N) is 2. The summed E-state index contributed by atoms with van der Waals surface area (Å²) >= 11 is 0. The van der Waals surface area contributed by atoms with Gasteiger partial charge >= 0.3 is 0 Å². The van der Waals surface area contributed by atoms with Gasteiger partial charge < -0.3 is 5.11 Å². The quantitative estimate of drug-likeness (QED) is 0.700. The normalized spacial score (nSPS) is 37.7. The average Bonchev–Trinajstić information content (AvgIpc) is 2.66. The fourth-order valence-electron chi connectivity index (χ4n) is 3.21. The van der Waals surface area contributed by atoms with E-state index in [9.17, 15) is 5.11 Å². The summed E-state index contributed by atoms with van der Waals surface area (Å²) in [5.41, 5.74) is 0. The zero-order valence-electron chi connectivity index (χ0n) is 9.23. The van der Waals surface area contributed by atoms with Crippen molar-refractivity contribution in [1.82, 2.24) is 4.90 Å². The van der Waals surface area contributed by atoms with Gasteiger partial charge in [-0.25, -0.2) is 0 Å². The molecule has 3 unspecified atom stereocenters. The second-order valence-corrected chi connectivity index (χ2v) is 4.85. The summed E-state index contributed by atoms with van der Waals surface area (Å²) in [5, 5.41) is 18.7. The molecule has 1 aliphatic carbocycles. The van der Waals surface area contributed by atoms with Crippen LogP contribution in [-0.2, 0) is 0 Å². The smallest absolute Gasteiger partial charge is 0.0868 e. The molecular formula is C12H20N2O. The molecule has 2 fully saturated rings. The number of likely N-dealkylation sites (tertiary alicyclic amines) is 1. The maximum Gasteiger partial charge on any atom is 0.0868 e. The summed E-state index contributed by atoms with van der Waals surface area (Å²) in [6.45, 7) is 1.58. The fourth-order valence-corrected chi connectivity index (χ4v) is 3.21. The Morgan fingerprint density at radius 2 is 2.07 bits per heavy atom. The van der Waals surface area contributed by atoms with Crippen LogP contribution >= 0.6 is 0 Å². The summed E-state index contributed by atoms with van der Waals surface area (Å²) in [6, 6.07) is 2.72. The summed E-state index contributed by atoms with van der Waals surface area (Å²) < 4.78 is 0. The zero-order valence-corrected chi connectivity index (χ0v) is 9.23. The van der Waals surface area contributed by atoms with Crippen molar-refractivity contribution in [1.29, 1.82) is 5.26 Å². The predicted molar refractivity (Wildman–Crippen MR) is 58.2 cm³/mol. The van der Waals surface area contributed by atoms with Gasteiger partial charge in [-0.05, 0) is 32.2 Å². The molecule has 0 aromatic carbocycles. The Bertz CT molecular complexity index is 248. The maximum atomic E-state index is 9.92. The highest BCUT2D eigenvalue weighted by Crippen LogP contribution is 2.34. The van der Waals surface area contributed by atoms with E-state index in [0.29, 0.717) is 18.5 Å². The maximum absolute atomic E-state index is 9.92. The highest BCUT2D eigenvalue weighted by molar-refractivity contribution is 4.92. The van der Waals surface area contributed by atoms with E-state index < -0.39 is 0 Å². The minimum atomic E-state index is -0.116. The lowest BCUT2D eigenvalue weighted by Gasteiger charge is -2.39. The third-order valence-corrected chi connectivity index (χ3v) is 3.96. The number of nitriles is 1. The number of piperidine rings is 1. The Hall–Kier alpha value is -0.590. The predicted octanol–water partition coefficient (Wildman–Crippen LogP) is 1.53. The molecule has 3 heteroatoms. The third kappa shape index (κ3) is 2.32. The van der Waals surface area contributed by atoms with Crippen molar-refractivity contribution in [3.63, 3.8) is 0 Å². The number of rotatable bonds is 2. The van der Waals surface area contributed by atoms with Crippen molar-refractivity contribution in [2.45, 2.75) is 50.7 Å². The van der Waals surface area contributed by atoms with Gasteiger partial charge in [0.25, 0.3) is 0 Å². The minimum absolute atomic E-state index is 0.116. The molecule has 2 aliphatic rings. The van der Waals surface area contributed by atoms with Crippen molar-refractivity contribution in [3.05, 3.63) is 0 Å². The van der Waals surface area contributed by atoms with E-state index in [-0.39, 0.29) is 6.10 Å². The van der Waals surface area contributed by atoms with Crippen molar-refractivity contribution in [2.24, 2.45) is 5.92 Å². The molecular weight excluding hydrogens is 188 g/mol. The van der Waals surface area contributed by atoms with Gasteiger partial charge in [0, 0.05) is 12.0 Å². The highest BCUT2D eigenvalue weighted by Gasteiger charge is 2.36. The van der Waals surface area contributed by atoms with Gasteiger partial charge in [0.05, 0.1) is 18.7 Å². The lowest BCUT2D eigenvalue weighted by molar-refractivity contribution is 0.0425. The monoisotopic (exact) mass is 208 g/mol. The Balaban J connectivity index is 2.00. The summed E-state index contributed by atoms with van der Waals surface area (Å²) in [7, 11) is 0. The van der Waals surface area contributed by atoms with Gasteiger partial charge in [-0.15, -0.1) is 0 Å². The van der Waals surface area contributed by atoms with E-state index in [2.05, 4.69) is 11.0 Å². The van der Waals surface area contributed by atoms with Crippen LogP contribution in [-0.4, -0.2) is 35.2 Å². The summed E-state index contributed by atoms with van der Waals surface area (Å²) in [5.74, 6) is 0.429. The van der Waals surface area contributed by atoms with Gasteiger partial charge in [-0.2, -0.15) is 5.26 Å². The largest absolute Gasteiger partial charge is 0.393 e. The zero-order chi connectivity index (χ0) is 10.7. The Morgan fingerprint density at radius 1 is 1.20 bits per heavy atom. The molecule has 0 radical (unpaired) electrons. The van der Waals surface area contributed by atoms with Crippen LogP contribution in [0, 0.1) is 17.2 Å². The van der Waals surface area contributed by atoms with Gasteiger partial charge in [0.15, 0.2) is 0 Å². The van der Waals surface area contributed by atoms with E-state index in [1.165, 1.54) is 19.3 Å². The first kappa shape index (κ1) is 10.9. The van der Waals surface area contributed by atoms with Crippen molar-refractivity contribution < 1.29 is 5.11 Å². The number of aliphatic hydroxyl groups is 1. The average molecular weight is 208 g/mol. The third-order valence-electron chi connectivity index (χ3n) is 3.96. The van der Waals surface area contributed by atoms with Gasteiger partial charge in [-0.3, -0.25) is 4.90 Å².